The van der Waals surface area contributed by atoms with Gasteiger partial charge in [0.2, 0.25) is 0 Å². The number of aromatic amines is 1. The molecular weight excluding hydrogens is 316 g/mol. The quantitative estimate of drug-likeness (QED) is 0.901. The van der Waals surface area contributed by atoms with E-state index in [4.69, 9.17) is 14.6 Å². The maximum Gasteiger partial charge on any atom is 0.357 e. The second-order valence-electron chi connectivity index (χ2n) is 3.62. The van der Waals surface area contributed by atoms with E-state index < -0.39 is 5.97 Å². The Hall–Kier alpha value is -2.02. The Balaban J connectivity index is 2.57. The molecule has 0 saturated carbocycles. The molecule has 0 fully saturated rings. The average molecular weight is 327 g/mol. The van der Waals surface area contributed by atoms with Crippen LogP contribution in [0.25, 0.3) is 11.4 Å². The minimum absolute atomic E-state index is 0.0835. The second-order valence-corrected chi connectivity index (χ2v) is 4.41. The first-order valence-electron chi connectivity index (χ1n) is 5.28. The Kier molecular flexibility index (Phi) is 3.75. The van der Waals surface area contributed by atoms with Gasteiger partial charge in [0.15, 0.2) is 5.69 Å². The molecule has 2 rings (SSSR count). The summed E-state index contributed by atoms with van der Waals surface area (Å²) in [7, 11) is 3.08. The molecule has 0 bridgehead atoms. The van der Waals surface area contributed by atoms with E-state index in [2.05, 4.69) is 25.9 Å². The van der Waals surface area contributed by atoms with Crippen molar-refractivity contribution in [2.24, 2.45) is 0 Å². The molecule has 0 aliphatic rings. The number of aromatic nitrogens is 2. The van der Waals surface area contributed by atoms with Gasteiger partial charge in [0.25, 0.3) is 0 Å². The molecular formula is C12H11BrN2O4. The average Bonchev–Trinajstić information content (AvgIpc) is 2.80. The number of halogens is 1. The number of rotatable bonds is 4. The van der Waals surface area contributed by atoms with Gasteiger partial charge in [-0.25, -0.2) is 9.78 Å². The lowest BCUT2D eigenvalue weighted by Gasteiger charge is -2.08. The van der Waals surface area contributed by atoms with Crippen molar-refractivity contribution >= 4 is 21.9 Å². The van der Waals surface area contributed by atoms with Crippen LogP contribution in [0.2, 0.25) is 0 Å². The van der Waals surface area contributed by atoms with Crippen molar-refractivity contribution in [1.82, 2.24) is 9.97 Å². The number of benzene rings is 1. The Morgan fingerprint density at radius 2 is 2.11 bits per heavy atom. The van der Waals surface area contributed by atoms with Crippen LogP contribution in [0.15, 0.2) is 22.8 Å². The maximum atomic E-state index is 11.0. The number of nitrogens with one attached hydrogen (secondary N) is 1. The fraction of sp³-hybridized carbons (Fsp3) is 0.167. The summed E-state index contributed by atoms with van der Waals surface area (Å²) in [5.74, 6) is 0.468. The van der Waals surface area contributed by atoms with Crippen LogP contribution in [-0.2, 0) is 0 Å². The topological polar surface area (TPSA) is 84.4 Å². The molecule has 7 heteroatoms. The van der Waals surface area contributed by atoms with Gasteiger partial charge in [-0.2, -0.15) is 0 Å². The van der Waals surface area contributed by atoms with E-state index in [-0.39, 0.29) is 5.69 Å². The minimum Gasteiger partial charge on any atom is -0.497 e. The van der Waals surface area contributed by atoms with Gasteiger partial charge in [0.05, 0.1) is 19.8 Å². The molecule has 6 nitrogen and oxygen atoms in total. The van der Waals surface area contributed by atoms with Gasteiger partial charge < -0.3 is 19.6 Å². The number of hydrogen-bond donors (Lipinski definition) is 2. The molecule has 2 aromatic rings. The molecule has 100 valence electrons. The molecule has 0 radical (unpaired) electrons. The molecule has 19 heavy (non-hydrogen) atoms. The molecule has 2 N–H and O–H groups in total. The molecule has 0 aliphatic heterocycles. The number of ether oxygens (including phenoxy) is 2. The van der Waals surface area contributed by atoms with Crippen LogP contribution in [0, 0.1) is 0 Å². The van der Waals surface area contributed by atoms with Gasteiger partial charge in [-0.1, -0.05) is 0 Å². The Morgan fingerprint density at radius 1 is 1.37 bits per heavy atom. The minimum atomic E-state index is -1.11. The standard InChI is InChI=1S/C12H11BrN2O4/c1-18-6-3-4-8(19-2)7(5-6)11-14-9(12(16)17)10(13)15-11/h3-5H,1-2H3,(H,14,15)(H,16,17). The summed E-state index contributed by atoms with van der Waals surface area (Å²) in [4.78, 5) is 17.9. The van der Waals surface area contributed by atoms with Crippen LogP contribution >= 0.6 is 15.9 Å². The second kappa shape index (κ2) is 5.31. The number of carboxylic acid groups (broad SMARTS) is 1. The van der Waals surface area contributed by atoms with Crippen molar-refractivity contribution in [2.45, 2.75) is 0 Å². The molecule has 0 atom stereocenters. The zero-order valence-corrected chi connectivity index (χ0v) is 11.8. The monoisotopic (exact) mass is 326 g/mol. The summed E-state index contributed by atoms with van der Waals surface area (Å²) in [6.45, 7) is 0. The van der Waals surface area contributed by atoms with Crippen LogP contribution < -0.4 is 9.47 Å². The van der Waals surface area contributed by atoms with E-state index in [0.717, 1.165) is 0 Å². The van der Waals surface area contributed by atoms with Crippen LogP contribution in [0.4, 0.5) is 0 Å². The highest BCUT2D eigenvalue weighted by molar-refractivity contribution is 9.10. The summed E-state index contributed by atoms with van der Waals surface area (Å²) in [6.07, 6.45) is 0. The van der Waals surface area contributed by atoms with Gasteiger partial charge in [-0.3, -0.25) is 0 Å². The lowest BCUT2D eigenvalue weighted by Crippen LogP contribution is -1.97. The van der Waals surface area contributed by atoms with Crippen molar-refractivity contribution in [3.63, 3.8) is 0 Å². The van der Waals surface area contributed by atoms with Crippen LogP contribution in [0.3, 0.4) is 0 Å². The van der Waals surface area contributed by atoms with Crippen LogP contribution in [-0.4, -0.2) is 35.3 Å². The highest BCUT2D eigenvalue weighted by Crippen LogP contribution is 2.33. The predicted molar refractivity (Wildman–Crippen MR) is 71.8 cm³/mol. The third-order valence-electron chi connectivity index (χ3n) is 2.52. The number of carboxylic acids is 1. The maximum absolute atomic E-state index is 11.0. The summed E-state index contributed by atoms with van der Waals surface area (Å²) < 4.78 is 10.7. The van der Waals surface area contributed by atoms with E-state index in [1.807, 2.05) is 0 Å². The largest absolute Gasteiger partial charge is 0.497 e. The van der Waals surface area contributed by atoms with Gasteiger partial charge in [-0.05, 0) is 34.1 Å². The fourth-order valence-corrected chi connectivity index (χ4v) is 2.07. The Morgan fingerprint density at radius 3 is 2.63 bits per heavy atom. The normalized spacial score (nSPS) is 10.3. The van der Waals surface area contributed by atoms with Gasteiger partial charge in [0.1, 0.15) is 21.9 Å². The summed E-state index contributed by atoms with van der Waals surface area (Å²) in [5.41, 5.74) is 0.537. The number of hydrogen-bond acceptors (Lipinski definition) is 4. The zero-order valence-electron chi connectivity index (χ0n) is 10.2. The molecule has 0 saturated heterocycles. The Bertz CT molecular complexity index is 624. The molecule has 0 unspecified atom stereocenters. The highest BCUT2D eigenvalue weighted by atomic mass is 79.9. The number of nitrogens with zero attached hydrogens (tertiary/aromatic N) is 1. The fourth-order valence-electron chi connectivity index (χ4n) is 1.62. The summed E-state index contributed by atoms with van der Waals surface area (Å²) in [5, 5.41) is 8.98. The molecule has 1 heterocycles. The van der Waals surface area contributed by atoms with E-state index in [0.29, 0.717) is 27.5 Å². The molecule has 1 aromatic carbocycles. The zero-order chi connectivity index (χ0) is 14.0. The lowest BCUT2D eigenvalue weighted by atomic mass is 10.2. The van der Waals surface area contributed by atoms with Crippen molar-refractivity contribution in [2.75, 3.05) is 14.2 Å². The van der Waals surface area contributed by atoms with Crippen LogP contribution in [0.5, 0.6) is 11.5 Å². The first kappa shape index (κ1) is 13.4. The SMILES string of the molecule is COc1ccc(OC)c(-c2nc(C(=O)O)c(Br)[nH]2)c1. The first-order chi connectivity index (χ1) is 9.06. The molecule has 0 aliphatic carbocycles. The van der Waals surface area contributed by atoms with Gasteiger partial charge >= 0.3 is 5.97 Å². The first-order valence-corrected chi connectivity index (χ1v) is 6.07. The van der Waals surface area contributed by atoms with Crippen molar-refractivity contribution in [1.29, 1.82) is 0 Å². The Labute approximate surface area is 117 Å². The van der Waals surface area contributed by atoms with Crippen molar-refractivity contribution in [3.8, 4) is 22.9 Å². The highest BCUT2D eigenvalue weighted by Gasteiger charge is 2.18. The number of aromatic carboxylic acids is 1. The number of H-pyrrole nitrogens is 1. The van der Waals surface area contributed by atoms with E-state index in [1.165, 1.54) is 7.11 Å². The third kappa shape index (κ3) is 2.55. The van der Waals surface area contributed by atoms with Crippen LogP contribution in [0.1, 0.15) is 10.5 Å². The summed E-state index contributed by atoms with van der Waals surface area (Å²) >= 11 is 3.13. The molecule has 0 spiro atoms. The summed E-state index contributed by atoms with van der Waals surface area (Å²) in [6, 6.07) is 5.19. The number of methoxy groups -OCH3 is 2. The smallest absolute Gasteiger partial charge is 0.357 e. The number of carbonyl (C=O) groups is 1. The number of imidazole rings is 1. The lowest BCUT2D eigenvalue weighted by molar-refractivity contribution is 0.0690. The van der Waals surface area contributed by atoms with Crippen molar-refractivity contribution in [3.05, 3.63) is 28.5 Å². The van der Waals surface area contributed by atoms with Gasteiger partial charge in [-0.15, -0.1) is 0 Å². The van der Waals surface area contributed by atoms with E-state index in [1.54, 1.807) is 25.3 Å². The van der Waals surface area contributed by atoms with E-state index in [9.17, 15) is 4.79 Å². The predicted octanol–water partition coefficient (Wildman–Crippen LogP) is 2.55. The molecule has 0 amide bonds. The van der Waals surface area contributed by atoms with Crippen molar-refractivity contribution < 1.29 is 19.4 Å². The van der Waals surface area contributed by atoms with Gasteiger partial charge in [0, 0.05) is 0 Å². The van der Waals surface area contributed by atoms with E-state index >= 15 is 0 Å². The molecule has 1 aromatic heterocycles. The third-order valence-corrected chi connectivity index (χ3v) is 3.10.